The van der Waals surface area contributed by atoms with Gasteiger partial charge in [-0.05, 0) is 5.56 Å². The first kappa shape index (κ1) is 10.4. The number of rotatable bonds is 3. The summed E-state index contributed by atoms with van der Waals surface area (Å²) in [5.74, 6) is 0. The number of nitrogens with zero attached hydrogens (tertiary/aromatic N) is 1. The second kappa shape index (κ2) is 5.13. The fraction of sp³-hybridized carbons (Fsp3) is 0.200. The summed E-state index contributed by atoms with van der Waals surface area (Å²) in [5, 5.41) is 6.71. The molecule has 1 heterocycles. The normalized spacial score (nSPS) is 20.2. The third-order valence-electron chi connectivity index (χ3n) is 2.06. The smallest absolute Gasteiger partial charge is 0.314 e. The molecule has 1 saturated heterocycles. The van der Waals surface area contributed by atoms with Crippen LogP contribution in [0.4, 0.5) is 4.79 Å². The molecule has 0 aromatic heterocycles. The first-order chi connectivity index (χ1) is 7.84. The molecule has 1 aliphatic rings. The van der Waals surface area contributed by atoms with Gasteiger partial charge in [0.2, 0.25) is 0 Å². The van der Waals surface area contributed by atoms with Gasteiger partial charge in [0.15, 0.2) is 0 Å². The molecule has 16 heavy (non-hydrogen) atoms. The number of hydrazine groups is 1. The van der Waals surface area contributed by atoms with Crippen molar-refractivity contribution in [2.75, 3.05) is 6.54 Å². The number of nitrogens with one attached hydrogen (secondary N) is 4. The molecular formula is C10H13N5O. The van der Waals surface area contributed by atoms with Gasteiger partial charge in [-0.25, -0.2) is 10.2 Å². The summed E-state index contributed by atoms with van der Waals surface area (Å²) in [4.78, 5) is 10.9. The molecule has 1 unspecified atom stereocenters. The Labute approximate surface area is 93.1 Å². The SMILES string of the molecule is O=C1NNCC(N/N=C/c2ccccc2)N1. The van der Waals surface area contributed by atoms with Gasteiger partial charge < -0.3 is 5.32 Å². The zero-order valence-corrected chi connectivity index (χ0v) is 8.60. The number of carbonyl (C=O) groups excluding carboxylic acids is 1. The summed E-state index contributed by atoms with van der Waals surface area (Å²) in [5.41, 5.74) is 9.00. The van der Waals surface area contributed by atoms with Crippen molar-refractivity contribution in [3.05, 3.63) is 35.9 Å². The van der Waals surface area contributed by atoms with Crippen molar-refractivity contribution in [3.63, 3.8) is 0 Å². The van der Waals surface area contributed by atoms with E-state index in [0.29, 0.717) is 6.54 Å². The van der Waals surface area contributed by atoms with Crippen molar-refractivity contribution >= 4 is 12.2 Å². The lowest BCUT2D eigenvalue weighted by Gasteiger charge is -2.24. The highest BCUT2D eigenvalue weighted by Crippen LogP contribution is 1.93. The highest BCUT2D eigenvalue weighted by atomic mass is 16.2. The van der Waals surface area contributed by atoms with Crippen molar-refractivity contribution in [1.82, 2.24) is 21.6 Å². The number of benzene rings is 1. The second-order valence-electron chi connectivity index (χ2n) is 3.33. The molecule has 0 saturated carbocycles. The summed E-state index contributed by atoms with van der Waals surface area (Å²) in [7, 11) is 0. The van der Waals surface area contributed by atoms with Crippen LogP contribution in [0.2, 0.25) is 0 Å². The number of amides is 2. The van der Waals surface area contributed by atoms with Crippen LogP contribution in [0.5, 0.6) is 0 Å². The highest BCUT2D eigenvalue weighted by Gasteiger charge is 2.15. The van der Waals surface area contributed by atoms with Crippen LogP contribution < -0.4 is 21.6 Å². The van der Waals surface area contributed by atoms with Crippen LogP contribution in [0.15, 0.2) is 35.4 Å². The van der Waals surface area contributed by atoms with E-state index in [1.165, 1.54) is 0 Å². The molecule has 1 fully saturated rings. The summed E-state index contributed by atoms with van der Waals surface area (Å²) in [6, 6.07) is 9.46. The Morgan fingerprint density at radius 1 is 1.38 bits per heavy atom. The lowest BCUT2D eigenvalue weighted by Crippen LogP contribution is -2.62. The number of hydrogen-bond donors (Lipinski definition) is 4. The van der Waals surface area contributed by atoms with E-state index in [0.717, 1.165) is 5.56 Å². The van der Waals surface area contributed by atoms with Gasteiger partial charge in [0.05, 0.1) is 12.8 Å². The van der Waals surface area contributed by atoms with Gasteiger partial charge in [-0.3, -0.25) is 10.9 Å². The Bertz CT molecular complexity index is 378. The highest BCUT2D eigenvalue weighted by molar-refractivity contribution is 5.79. The fourth-order valence-electron chi connectivity index (χ4n) is 1.30. The van der Waals surface area contributed by atoms with Crippen LogP contribution in [-0.2, 0) is 0 Å². The van der Waals surface area contributed by atoms with Crippen LogP contribution >= 0.6 is 0 Å². The minimum Gasteiger partial charge on any atom is -0.314 e. The Balaban J connectivity index is 1.83. The third kappa shape index (κ3) is 2.96. The molecule has 84 valence electrons. The monoisotopic (exact) mass is 219 g/mol. The largest absolute Gasteiger partial charge is 0.330 e. The third-order valence-corrected chi connectivity index (χ3v) is 2.06. The molecule has 6 heteroatoms. The minimum atomic E-state index is -0.265. The predicted molar refractivity (Wildman–Crippen MR) is 60.6 cm³/mol. The summed E-state index contributed by atoms with van der Waals surface area (Å²) in [6.07, 6.45) is 1.50. The van der Waals surface area contributed by atoms with Gasteiger partial charge in [0.25, 0.3) is 0 Å². The maximum Gasteiger partial charge on any atom is 0.330 e. The zero-order valence-electron chi connectivity index (χ0n) is 8.60. The van der Waals surface area contributed by atoms with Gasteiger partial charge in [0, 0.05) is 0 Å². The zero-order chi connectivity index (χ0) is 11.2. The van der Waals surface area contributed by atoms with Crippen molar-refractivity contribution < 1.29 is 4.79 Å². The molecule has 2 rings (SSSR count). The van der Waals surface area contributed by atoms with Crippen LogP contribution in [0.25, 0.3) is 0 Å². The summed E-state index contributed by atoms with van der Waals surface area (Å²) < 4.78 is 0. The van der Waals surface area contributed by atoms with Crippen LogP contribution in [-0.4, -0.2) is 25.0 Å². The Kier molecular flexibility index (Phi) is 3.35. The lowest BCUT2D eigenvalue weighted by atomic mass is 10.2. The summed E-state index contributed by atoms with van der Waals surface area (Å²) in [6.45, 7) is 0.567. The number of hydrazone groups is 1. The summed E-state index contributed by atoms with van der Waals surface area (Å²) >= 11 is 0. The van der Waals surface area contributed by atoms with Gasteiger partial charge in [-0.15, -0.1) is 0 Å². The lowest BCUT2D eigenvalue weighted by molar-refractivity contribution is 0.217. The molecule has 1 aromatic carbocycles. The maximum absolute atomic E-state index is 10.9. The molecule has 1 aromatic rings. The van der Waals surface area contributed by atoms with Crippen LogP contribution in [0.3, 0.4) is 0 Å². The first-order valence-corrected chi connectivity index (χ1v) is 4.97. The van der Waals surface area contributed by atoms with Gasteiger partial charge in [-0.2, -0.15) is 5.10 Å². The van der Waals surface area contributed by atoms with Gasteiger partial charge in [-0.1, -0.05) is 30.3 Å². The van der Waals surface area contributed by atoms with Gasteiger partial charge in [0.1, 0.15) is 6.17 Å². The number of hydrogen-bond acceptors (Lipinski definition) is 4. The van der Waals surface area contributed by atoms with E-state index in [1.807, 2.05) is 30.3 Å². The van der Waals surface area contributed by atoms with Crippen LogP contribution in [0, 0.1) is 0 Å². The standard InChI is InChI=1S/C10H13N5O/c16-10-13-9(7-12-15-10)14-11-6-8-4-2-1-3-5-8/h1-6,9,12,14H,7H2,(H2,13,15,16)/b11-6+. The van der Waals surface area contributed by atoms with E-state index in [9.17, 15) is 4.79 Å². The minimum absolute atomic E-state index is 0.200. The van der Waals surface area contributed by atoms with E-state index >= 15 is 0 Å². The maximum atomic E-state index is 10.9. The topological polar surface area (TPSA) is 77.6 Å². The molecule has 0 aliphatic carbocycles. The second-order valence-corrected chi connectivity index (χ2v) is 3.33. The van der Waals surface area contributed by atoms with Crippen molar-refractivity contribution in [1.29, 1.82) is 0 Å². The van der Waals surface area contributed by atoms with Crippen LogP contribution in [0.1, 0.15) is 5.56 Å². The number of carbonyl (C=O) groups is 1. The van der Waals surface area contributed by atoms with E-state index in [1.54, 1.807) is 6.21 Å². The predicted octanol–water partition coefficient (Wildman–Crippen LogP) is -0.246. The fourth-order valence-corrected chi connectivity index (χ4v) is 1.30. The van der Waals surface area contributed by atoms with E-state index in [4.69, 9.17) is 0 Å². The first-order valence-electron chi connectivity index (χ1n) is 4.97. The van der Waals surface area contributed by atoms with E-state index in [2.05, 4.69) is 26.7 Å². The van der Waals surface area contributed by atoms with Crippen molar-refractivity contribution in [3.8, 4) is 0 Å². The molecular weight excluding hydrogens is 206 g/mol. The average Bonchev–Trinajstić information content (AvgIpc) is 2.30. The Morgan fingerprint density at radius 3 is 2.94 bits per heavy atom. The molecule has 0 bridgehead atoms. The Morgan fingerprint density at radius 2 is 2.19 bits per heavy atom. The molecule has 2 amide bonds. The molecule has 1 aliphatic heterocycles. The average molecular weight is 219 g/mol. The Hall–Kier alpha value is -2.08. The molecule has 1 atom stereocenters. The molecule has 0 spiro atoms. The van der Waals surface area contributed by atoms with Gasteiger partial charge >= 0.3 is 6.03 Å². The molecule has 6 nitrogen and oxygen atoms in total. The molecule has 0 radical (unpaired) electrons. The van der Waals surface area contributed by atoms with E-state index in [-0.39, 0.29) is 12.2 Å². The molecule has 4 N–H and O–H groups in total. The quantitative estimate of drug-likeness (QED) is 0.418. The number of urea groups is 1. The van der Waals surface area contributed by atoms with E-state index < -0.39 is 0 Å². The van der Waals surface area contributed by atoms with Crippen molar-refractivity contribution in [2.24, 2.45) is 5.10 Å². The van der Waals surface area contributed by atoms with Crippen molar-refractivity contribution in [2.45, 2.75) is 6.17 Å².